The smallest absolute Gasteiger partial charge is 0.161 e. The van der Waals surface area contributed by atoms with Crippen LogP contribution < -0.4 is 24.3 Å². The zero-order chi connectivity index (χ0) is 25.6. The molecular formula is C32H37NO4. The fourth-order valence-electron chi connectivity index (χ4n) is 4.97. The molecule has 2 aliphatic rings. The van der Waals surface area contributed by atoms with Gasteiger partial charge in [-0.3, -0.25) is 0 Å². The first-order chi connectivity index (χ1) is 18.1. The molecule has 0 amide bonds. The van der Waals surface area contributed by atoms with Crippen molar-refractivity contribution in [2.75, 3.05) is 27.4 Å². The third-order valence-corrected chi connectivity index (χ3v) is 7.48. The number of fused-ring (bicyclic) bond motifs is 1. The van der Waals surface area contributed by atoms with Crippen molar-refractivity contribution in [3.05, 3.63) is 88.5 Å². The number of methoxy groups -OCH3 is 2. The molecule has 194 valence electrons. The van der Waals surface area contributed by atoms with Gasteiger partial charge in [-0.2, -0.15) is 0 Å². The van der Waals surface area contributed by atoms with E-state index in [9.17, 15) is 0 Å². The van der Waals surface area contributed by atoms with Crippen LogP contribution in [0.1, 0.15) is 53.1 Å². The summed E-state index contributed by atoms with van der Waals surface area (Å²) in [5.74, 6) is 3.82. The minimum atomic E-state index is 0.0849. The largest absolute Gasteiger partial charge is 0.493 e. The Morgan fingerprint density at radius 2 is 1.65 bits per heavy atom. The van der Waals surface area contributed by atoms with Crippen LogP contribution in [0.4, 0.5) is 0 Å². The van der Waals surface area contributed by atoms with Gasteiger partial charge < -0.3 is 24.3 Å². The lowest BCUT2D eigenvalue weighted by Crippen LogP contribution is -2.28. The molecule has 0 radical (unpaired) electrons. The van der Waals surface area contributed by atoms with Crippen LogP contribution in [0.25, 0.3) is 6.08 Å². The van der Waals surface area contributed by atoms with Crippen molar-refractivity contribution in [2.24, 2.45) is 5.92 Å². The lowest BCUT2D eigenvalue weighted by molar-refractivity contribution is 0.176. The molecule has 5 nitrogen and oxygen atoms in total. The van der Waals surface area contributed by atoms with Crippen molar-refractivity contribution in [1.82, 2.24) is 5.32 Å². The summed E-state index contributed by atoms with van der Waals surface area (Å²) in [6.07, 6.45) is 9.20. The van der Waals surface area contributed by atoms with E-state index in [4.69, 9.17) is 18.9 Å². The number of aryl methyl sites for hydroxylation is 1. The molecule has 1 saturated carbocycles. The van der Waals surface area contributed by atoms with Crippen LogP contribution in [0.15, 0.2) is 60.7 Å². The van der Waals surface area contributed by atoms with Gasteiger partial charge in [0.1, 0.15) is 6.61 Å². The van der Waals surface area contributed by atoms with E-state index in [-0.39, 0.29) is 6.04 Å². The molecule has 1 aliphatic carbocycles. The SMILES string of the molecule is COc1cc2c(cc1OCc1ccccc1)CCNC2/C=C/c1cc(OCC2CCC2)c(OC)cc1C. The zero-order valence-corrected chi connectivity index (χ0v) is 22.1. The number of nitrogens with one attached hydrogen (secondary N) is 1. The molecule has 0 bridgehead atoms. The maximum atomic E-state index is 6.17. The Morgan fingerprint density at radius 3 is 2.38 bits per heavy atom. The van der Waals surface area contributed by atoms with Crippen molar-refractivity contribution in [2.45, 2.75) is 45.3 Å². The third-order valence-electron chi connectivity index (χ3n) is 7.48. The molecule has 37 heavy (non-hydrogen) atoms. The van der Waals surface area contributed by atoms with Gasteiger partial charge in [0.15, 0.2) is 23.0 Å². The number of ether oxygens (including phenoxy) is 4. The summed E-state index contributed by atoms with van der Waals surface area (Å²) < 4.78 is 23.7. The average molecular weight is 500 g/mol. The van der Waals surface area contributed by atoms with E-state index in [1.54, 1.807) is 14.2 Å². The highest BCUT2D eigenvalue weighted by molar-refractivity contribution is 5.61. The molecule has 0 aromatic heterocycles. The number of hydrogen-bond donors (Lipinski definition) is 1. The van der Waals surface area contributed by atoms with Gasteiger partial charge in [-0.25, -0.2) is 0 Å². The van der Waals surface area contributed by atoms with Gasteiger partial charge in [-0.15, -0.1) is 0 Å². The van der Waals surface area contributed by atoms with Gasteiger partial charge in [0, 0.05) is 6.54 Å². The molecule has 3 aromatic carbocycles. The number of hydrogen-bond acceptors (Lipinski definition) is 5. The summed E-state index contributed by atoms with van der Waals surface area (Å²) in [5, 5.41) is 3.65. The Kier molecular flexibility index (Phi) is 8.00. The van der Waals surface area contributed by atoms with Gasteiger partial charge in [-0.1, -0.05) is 48.9 Å². The van der Waals surface area contributed by atoms with Gasteiger partial charge in [0.2, 0.25) is 0 Å². The molecule has 3 aromatic rings. The fourth-order valence-corrected chi connectivity index (χ4v) is 4.97. The second kappa shape index (κ2) is 11.7. The van der Waals surface area contributed by atoms with E-state index >= 15 is 0 Å². The zero-order valence-electron chi connectivity index (χ0n) is 22.1. The Morgan fingerprint density at radius 1 is 0.892 bits per heavy atom. The topological polar surface area (TPSA) is 49.0 Å². The maximum Gasteiger partial charge on any atom is 0.161 e. The second-order valence-corrected chi connectivity index (χ2v) is 9.98. The average Bonchev–Trinajstić information content (AvgIpc) is 2.90. The lowest BCUT2D eigenvalue weighted by atomic mass is 9.86. The first-order valence-corrected chi connectivity index (χ1v) is 13.2. The fraction of sp³-hybridized carbons (Fsp3) is 0.375. The van der Waals surface area contributed by atoms with Gasteiger partial charge >= 0.3 is 0 Å². The van der Waals surface area contributed by atoms with Crippen LogP contribution >= 0.6 is 0 Å². The van der Waals surface area contributed by atoms with Crippen molar-refractivity contribution < 1.29 is 18.9 Å². The van der Waals surface area contributed by atoms with Crippen molar-refractivity contribution in [3.63, 3.8) is 0 Å². The van der Waals surface area contributed by atoms with Crippen LogP contribution in [0.3, 0.4) is 0 Å². The van der Waals surface area contributed by atoms with Crippen LogP contribution in [-0.4, -0.2) is 27.4 Å². The summed E-state index contributed by atoms with van der Waals surface area (Å²) in [4.78, 5) is 0. The molecule has 1 heterocycles. The van der Waals surface area contributed by atoms with E-state index in [2.05, 4.69) is 60.8 Å². The van der Waals surface area contributed by atoms with Crippen LogP contribution in [-0.2, 0) is 13.0 Å². The highest BCUT2D eigenvalue weighted by Gasteiger charge is 2.22. The second-order valence-electron chi connectivity index (χ2n) is 9.98. The molecule has 5 heteroatoms. The van der Waals surface area contributed by atoms with Crippen molar-refractivity contribution in [3.8, 4) is 23.0 Å². The third kappa shape index (κ3) is 5.94. The molecule has 0 saturated heterocycles. The first kappa shape index (κ1) is 25.2. The molecule has 0 spiro atoms. The molecule has 1 N–H and O–H groups in total. The number of rotatable bonds is 10. The highest BCUT2D eigenvalue weighted by Crippen LogP contribution is 2.37. The lowest BCUT2D eigenvalue weighted by Gasteiger charge is -2.27. The van der Waals surface area contributed by atoms with E-state index in [0.717, 1.165) is 59.3 Å². The normalized spacial score (nSPS) is 17.2. The predicted octanol–water partition coefficient (Wildman–Crippen LogP) is 6.67. The molecular weight excluding hydrogens is 462 g/mol. The molecule has 1 atom stereocenters. The summed E-state index contributed by atoms with van der Waals surface area (Å²) >= 11 is 0. The maximum absolute atomic E-state index is 6.17. The summed E-state index contributed by atoms with van der Waals surface area (Å²) in [7, 11) is 3.40. The highest BCUT2D eigenvalue weighted by atomic mass is 16.5. The minimum absolute atomic E-state index is 0.0849. The van der Waals surface area contributed by atoms with Crippen molar-refractivity contribution in [1.29, 1.82) is 0 Å². The van der Waals surface area contributed by atoms with E-state index in [1.807, 2.05) is 18.2 Å². The molecule has 1 fully saturated rings. The van der Waals surface area contributed by atoms with E-state index < -0.39 is 0 Å². The summed E-state index contributed by atoms with van der Waals surface area (Å²) in [5.41, 5.74) is 5.93. The van der Waals surface area contributed by atoms with Crippen LogP contribution in [0.2, 0.25) is 0 Å². The Hall–Kier alpha value is -3.44. The Labute approximate surface area is 220 Å². The first-order valence-electron chi connectivity index (χ1n) is 13.2. The summed E-state index contributed by atoms with van der Waals surface area (Å²) in [6, 6.07) is 18.7. The molecule has 5 rings (SSSR count). The quantitative estimate of drug-likeness (QED) is 0.338. The minimum Gasteiger partial charge on any atom is -0.493 e. The molecule has 1 aliphatic heterocycles. The predicted molar refractivity (Wildman–Crippen MR) is 148 cm³/mol. The van der Waals surface area contributed by atoms with Crippen molar-refractivity contribution >= 4 is 6.08 Å². The van der Waals surface area contributed by atoms with Crippen LogP contribution in [0.5, 0.6) is 23.0 Å². The number of benzene rings is 3. The van der Waals surface area contributed by atoms with Gasteiger partial charge in [0.05, 0.1) is 26.9 Å². The Balaban J connectivity index is 1.35. The van der Waals surface area contributed by atoms with Crippen LogP contribution in [0, 0.1) is 12.8 Å². The Bertz CT molecular complexity index is 1230. The summed E-state index contributed by atoms with van der Waals surface area (Å²) in [6.45, 7) is 4.29. The monoisotopic (exact) mass is 499 g/mol. The van der Waals surface area contributed by atoms with E-state index in [0.29, 0.717) is 12.5 Å². The molecule has 1 unspecified atom stereocenters. The van der Waals surface area contributed by atoms with E-state index in [1.165, 1.54) is 30.4 Å². The van der Waals surface area contributed by atoms with Gasteiger partial charge in [-0.05, 0) is 84.2 Å². The van der Waals surface area contributed by atoms with Gasteiger partial charge in [0.25, 0.3) is 0 Å². The standard InChI is InChI=1S/C32H37NO4/c1-22-16-29(34-2)31(36-21-24-10-7-11-24)17-25(22)12-13-28-27-19-30(35-3)32(18-26(27)14-15-33-28)37-20-23-8-5-4-6-9-23/h4-6,8-9,12-13,16-19,24,28,33H,7,10-11,14-15,20-21H2,1-3H3/b13-12+.